The highest BCUT2D eigenvalue weighted by Gasteiger charge is 2.27. The summed E-state index contributed by atoms with van der Waals surface area (Å²) in [6.45, 7) is 8.99. The quantitative estimate of drug-likeness (QED) is 0.118. The van der Waals surface area contributed by atoms with Crippen LogP contribution in [0.3, 0.4) is 0 Å². The molecule has 1 aromatic rings. The number of unbranched alkanes of at least 4 members (excludes halogenated alkanes) is 4. The van der Waals surface area contributed by atoms with E-state index in [0.717, 1.165) is 31.2 Å². The molecule has 2 atom stereocenters. The third-order valence-corrected chi connectivity index (χ3v) is 6.53. The summed E-state index contributed by atoms with van der Waals surface area (Å²) in [7, 11) is 0. The molecule has 0 heterocycles. The van der Waals surface area contributed by atoms with Gasteiger partial charge in [-0.25, -0.2) is 4.79 Å². The van der Waals surface area contributed by atoms with Crippen LogP contribution in [0, 0.1) is 0 Å². The minimum atomic E-state index is -1.01. The van der Waals surface area contributed by atoms with Crippen molar-refractivity contribution in [2.24, 2.45) is 0 Å². The minimum Gasteiger partial charge on any atom is -0.466 e. The smallest absolute Gasteiger partial charge is 0.407 e. The molecule has 0 radical (unpaired) electrons. The standard InChI is InChI=1S/C33H52N4O8/c1-6-7-8-14-21-44-29(40)19-18-26(39)23-35-30(41)27(17-12-13-20-34-32(43)45-33(3,4)5)37-31(42)28(36-24(2)38)22-25-15-10-9-11-16-25/h9-11,15-16,27-28H,6-8,12-14,17-23H2,1-5H3,(H,34,43)(H,35,41)(H,36,38)(H,37,42)/t27-,28-/m0/s1. The number of rotatable bonds is 21. The summed E-state index contributed by atoms with van der Waals surface area (Å²) in [5.74, 6) is -2.33. The highest BCUT2D eigenvalue weighted by molar-refractivity contribution is 5.94. The number of Topliss-reactive ketones (excluding diaryl/α,β-unsaturated/α-hetero) is 1. The van der Waals surface area contributed by atoms with Gasteiger partial charge in [-0.05, 0) is 52.0 Å². The average molecular weight is 633 g/mol. The second-order valence-corrected chi connectivity index (χ2v) is 12.0. The normalized spacial score (nSPS) is 12.3. The first-order valence-corrected chi connectivity index (χ1v) is 15.8. The van der Waals surface area contributed by atoms with Gasteiger partial charge in [-0.1, -0.05) is 56.5 Å². The molecule has 0 aliphatic rings. The van der Waals surface area contributed by atoms with Crippen molar-refractivity contribution in [3.05, 3.63) is 35.9 Å². The van der Waals surface area contributed by atoms with E-state index in [0.29, 0.717) is 26.0 Å². The molecule has 4 N–H and O–H groups in total. The van der Waals surface area contributed by atoms with Crippen LogP contribution >= 0.6 is 0 Å². The van der Waals surface area contributed by atoms with Gasteiger partial charge < -0.3 is 30.7 Å². The lowest BCUT2D eigenvalue weighted by atomic mass is 10.0. The number of esters is 1. The molecule has 252 valence electrons. The van der Waals surface area contributed by atoms with Crippen LogP contribution < -0.4 is 21.3 Å². The van der Waals surface area contributed by atoms with E-state index in [1.807, 2.05) is 30.3 Å². The van der Waals surface area contributed by atoms with Gasteiger partial charge in [0.05, 0.1) is 19.6 Å². The van der Waals surface area contributed by atoms with Gasteiger partial charge in [0.1, 0.15) is 17.7 Å². The van der Waals surface area contributed by atoms with Crippen molar-refractivity contribution in [1.82, 2.24) is 21.3 Å². The Labute approximate surface area is 267 Å². The molecule has 0 aliphatic heterocycles. The van der Waals surface area contributed by atoms with Gasteiger partial charge >= 0.3 is 12.1 Å². The molecule has 45 heavy (non-hydrogen) atoms. The Bertz CT molecular complexity index is 1090. The van der Waals surface area contributed by atoms with Crippen LogP contribution in [0.1, 0.15) is 98.0 Å². The molecule has 1 aromatic carbocycles. The second-order valence-electron chi connectivity index (χ2n) is 12.0. The molecule has 4 amide bonds. The molecular weight excluding hydrogens is 580 g/mol. The molecule has 12 nitrogen and oxygen atoms in total. The lowest BCUT2D eigenvalue weighted by Crippen LogP contribution is -2.54. The number of carbonyl (C=O) groups excluding carboxylic acids is 6. The van der Waals surface area contributed by atoms with Crippen molar-refractivity contribution in [2.45, 2.75) is 117 Å². The molecule has 0 bridgehead atoms. The van der Waals surface area contributed by atoms with Crippen LogP contribution in [0.15, 0.2) is 30.3 Å². The van der Waals surface area contributed by atoms with Crippen molar-refractivity contribution in [2.75, 3.05) is 19.7 Å². The lowest BCUT2D eigenvalue weighted by molar-refractivity contribution is -0.144. The zero-order valence-corrected chi connectivity index (χ0v) is 27.5. The average Bonchev–Trinajstić information content (AvgIpc) is 2.96. The monoisotopic (exact) mass is 632 g/mol. The van der Waals surface area contributed by atoms with Crippen molar-refractivity contribution >= 4 is 35.6 Å². The van der Waals surface area contributed by atoms with Gasteiger partial charge in [-0.3, -0.25) is 24.0 Å². The number of benzene rings is 1. The highest BCUT2D eigenvalue weighted by Crippen LogP contribution is 2.09. The Kier molecular flexibility index (Phi) is 18.8. The number of carbonyl (C=O) groups is 6. The third kappa shape index (κ3) is 19.8. The van der Waals surface area contributed by atoms with Crippen LogP contribution in [-0.2, 0) is 39.9 Å². The molecule has 12 heteroatoms. The zero-order valence-electron chi connectivity index (χ0n) is 27.5. The number of hydrogen-bond acceptors (Lipinski definition) is 8. The fourth-order valence-corrected chi connectivity index (χ4v) is 4.25. The largest absolute Gasteiger partial charge is 0.466 e. The van der Waals surface area contributed by atoms with Crippen molar-refractivity contribution in [3.63, 3.8) is 0 Å². The van der Waals surface area contributed by atoms with Gasteiger partial charge in [0, 0.05) is 26.3 Å². The summed E-state index contributed by atoms with van der Waals surface area (Å²) in [5, 5.41) is 10.6. The molecule has 0 aromatic heterocycles. The van der Waals surface area contributed by atoms with Gasteiger partial charge in [0.25, 0.3) is 0 Å². The van der Waals surface area contributed by atoms with E-state index in [9.17, 15) is 28.8 Å². The summed E-state index contributed by atoms with van der Waals surface area (Å²) in [6.07, 6.45) is 4.57. The maximum absolute atomic E-state index is 13.3. The number of alkyl carbamates (subject to hydrolysis) is 1. The maximum atomic E-state index is 13.3. The molecular formula is C33H52N4O8. The molecule has 0 aliphatic carbocycles. The van der Waals surface area contributed by atoms with Crippen LogP contribution in [0.5, 0.6) is 0 Å². The van der Waals surface area contributed by atoms with Crippen LogP contribution in [0.2, 0.25) is 0 Å². The van der Waals surface area contributed by atoms with E-state index >= 15 is 0 Å². The summed E-state index contributed by atoms with van der Waals surface area (Å²) < 4.78 is 10.4. The Hall–Kier alpha value is -3.96. The van der Waals surface area contributed by atoms with E-state index in [4.69, 9.17) is 9.47 Å². The van der Waals surface area contributed by atoms with Gasteiger partial charge in [0.2, 0.25) is 17.7 Å². The van der Waals surface area contributed by atoms with Gasteiger partial charge in [-0.15, -0.1) is 0 Å². The number of ether oxygens (including phenoxy) is 2. The Morgan fingerprint density at radius 1 is 0.800 bits per heavy atom. The maximum Gasteiger partial charge on any atom is 0.407 e. The first-order valence-electron chi connectivity index (χ1n) is 15.8. The number of nitrogens with one attached hydrogen (secondary N) is 4. The predicted octanol–water partition coefficient (Wildman–Crippen LogP) is 3.50. The first-order chi connectivity index (χ1) is 21.3. The number of amides is 4. The summed E-state index contributed by atoms with van der Waals surface area (Å²) in [5.41, 5.74) is 0.194. The van der Waals surface area contributed by atoms with Crippen LogP contribution in [0.25, 0.3) is 0 Å². The van der Waals surface area contributed by atoms with E-state index in [2.05, 4.69) is 28.2 Å². The van der Waals surface area contributed by atoms with E-state index in [1.54, 1.807) is 20.8 Å². The zero-order chi connectivity index (χ0) is 33.7. The molecule has 1 rings (SSSR count). The second kappa shape index (κ2) is 21.7. The molecule has 0 saturated heterocycles. The Morgan fingerprint density at radius 2 is 1.51 bits per heavy atom. The fourth-order valence-electron chi connectivity index (χ4n) is 4.25. The minimum absolute atomic E-state index is 0.0782. The number of hydrogen-bond donors (Lipinski definition) is 4. The van der Waals surface area contributed by atoms with Crippen molar-refractivity contribution < 1.29 is 38.2 Å². The van der Waals surface area contributed by atoms with E-state index in [1.165, 1.54) is 6.92 Å². The topological polar surface area (TPSA) is 169 Å². The van der Waals surface area contributed by atoms with Gasteiger partial charge in [-0.2, -0.15) is 0 Å². The number of ketones is 1. The lowest BCUT2D eigenvalue weighted by Gasteiger charge is -2.23. The van der Waals surface area contributed by atoms with Crippen molar-refractivity contribution in [1.29, 1.82) is 0 Å². The Morgan fingerprint density at radius 3 is 2.16 bits per heavy atom. The molecule has 0 saturated carbocycles. The summed E-state index contributed by atoms with van der Waals surface area (Å²) in [6, 6.07) is 7.22. The van der Waals surface area contributed by atoms with Crippen LogP contribution in [0.4, 0.5) is 4.79 Å². The highest BCUT2D eigenvalue weighted by atomic mass is 16.6. The first kappa shape index (κ1) is 39.1. The SMILES string of the molecule is CCCCCCOC(=O)CCC(=O)CNC(=O)[C@H](CCCCNC(=O)OC(C)(C)C)NC(=O)[C@H](Cc1ccccc1)NC(C)=O. The molecule has 0 spiro atoms. The summed E-state index contributed by atoms with van der Waals surface area (Å²) in [4.78, 5) is 74.5. The van der Waals surface area contributed by atoms with Gasteiger partial charge in [0.15, 0.2) is 5.78 Å². The molecule has 0 unspecified atom stereocenters. The predicted molar refractivity (Wildman–Crippen MR) is 170 cm³/mol. The summed E-state index contributed by atoms with van der Waals surface area (Å²) >= 11 is 0. The molecule has 0 fully saturated rings. The van der Waals surface area contributed by atoms with Crippen molar-refractivity contribution in [3.8, 4) is 0 Å². The van der Waals surface area contributed by atoms with E-state index in [-0.39, 0.29) is 38.0 Å². The Balaban J connectivity index is 2.75. The third-order valence-electron chi connectivity index (χ3n) is 6.53. The fraction of sp³-hybridized carbons (Fsp3) is 0.636. The van der Waals surface area contributed by atoms with E-state index < -0.39 is 47.5 Å². The van der Waals surface area contributed by atoms with Crippen LogP contribution in [-0.4, -0.2) is 72.9 Å².